The third-order valence-corrected chi connectivity index (χ3v) is 2.33. The predicted molar refractivity (Wildman–Crippen MR) is 57.2 cm³/mol. The van der Waals surface area contributed by atoms with E-state index < -0.39 is 24.0 Å². The standard InChI is InChI=1S/C12H8F4O2/c13-11(14)12(15,16)18-10-6-8-4-2-1-3-7(8)5-9(10)17/h1-6,11,17H. The third kappa shape index (κ3) is 2.32. The first-order chi connectivity index (χ1) is 8.40. The van der Waals surface area contributed by atoms with E-state index in [1.54, 1.807) is 24.3 Å². The highest BCUT2D eigenvalue weighted by atomic mass is 19.3. The van der Waals surface area contributed by atoms with Gasteiger partial charge in [0, 0.05) is 0 Å². The van der Waals surface area contributed by atoms with Gasteiger partial charge in [-0.25, -0.2) is 0 Å². The van der Waals surface area contributed by atoms with Crippen LogP contribution in [0.3, 0.4) is 0 Å². The minimum Gasteiger partial charge on any atom is -0.504 e. The van der Waals surface area contributed by atoms with Gasteiger partial charge in [-0.15, -0.1) is 0 Å². The van der Waals surface area contributed by atoms with E-state index in [0.29, 0.717) is 10.8 Å². The summed E-state index contributed by atoms with van der Waals surface area (Å²) in [5, 5.41) is 10.5. The maximum Gasteiger partial charge on any atom is 0.461 e. The Morgan fingerprint density at radius 2 is 1.61 bits per heavy atom. The number of rotatable bonds is 3. The van der Waals surface area contributed by atoms with E-state index in [-0.39, 0.29) is 0 Å². The Hall–Kier alpha value is -1.98. The lowest BCUT2D eigenvalue weighted by Crippen LogP contribution is -2.33. The SMILES string of the molecule is Oc1cc2ccccc2cc1OC(F)(F)C(F)F. The lowest BCUT2D eigenvalue weighted by Gasteiger charge is -2.17. The van der Waals surface area contributed by atoms with Gasteiger partial charge in [0.15, 0.2) is 11.5 Å². The molecule has 0 fully saturated rings. The Balaban J connectivity index is 2.42. The van der Waals surface area contributed by atoms with Crippen LogP contribution in [0, 0.1) is 0 Å². The van der Waals surface area contributed by atoms with Gasteiger partial charge in [-0.3, -0.25) is 0 Å². The second kappa shape index (κ2) is 4.36. The first-order valence-electron chi connectivity index (χ1n) is 4.97. The molecule has 0 spiro atoms. The van der Waals surface area contributed by atoms with E-state index in [9.17, 15) is 22.7 Å². The second-order valence-electron chi connectivity index (χ2n) is 3.63. The fraction of sp³-hybridized carbons (Fsp3) is 0.167. The quantitative estimate of drug-likeness (QED) is 0.851. The molecule has 0 bridgehead atoms. The number of benzene rings is 2. The van der Waals surface area contributed by atoms with E-state index in [1.165, 1.54) is 6.07 Å². The molecule has 0 aliphatic heterocycles. The van der Waals surface area contributed by atoms with Crippen LogP contribution >= 0.6 is 0 Å². The average Bonchev–Trinajstić information content (AvgIpc) is 2.29. The molecule has 1 N–H and O–H groups in total. The first-order valence-corrected chi connectivity index (χ1v) is 4.97. The Bertz CT molecular complexity index is 569. The molecule has 0 heterocycles. The van der Waals surface area contributed by atoms with E-state index in [1.807, 2.05) is 0 Å². The van der Waals surface area contributed by atoms with Crippen molar-refractivity contribution in [3.8, 4) is 11.5 Å². The largest absolute Gasteiger partial charge is 0.504 e. The van der Waals surface area contributed by atoms with Crippen molar-refractivity contribution in [3.63, 3.8) is 0 Å². The first kappa shape index (κ1) is 12.5. The minimum absolute atomic E-state index is 0.496. The van der Waals surface area contributed by atoms with E-state index >= 15 is 0 Å². The number of hydrogen-bond donors (Lipinski definition) is 1. The molecule has 0 saturated heterocycles. The molecular formula is C12H8F4O2. The summed E-state index contributed by atoms with van der Waals surface area (Å²) in [5.74, 6) is -1.30. The number of halogens is 4. The van der Waals surface area contributed by atoms with Gasteiger partial charge in [0.2, 0.25) is 0 Å². The van der Waals surface area contributed by atoms with E-state index in [2.05, 4.69) is 4.74 Å². The number of aromatic hydroxyl groups is 1. The maximum absolute atomic E-state index is 12.7. The molecule has 96 valence electrons. The molecule has 2 rings (SSSR count). The summed E-state index contributed by atoms with van der Waals surface area (Å²) in [5.41, 5.74) is 0. The Morgan fingerprint density at radius 1 is 1.06 bits per heavy atom. The molecule has 0 saturated carbocycles. The van der Waals surface area contributed by atoms with Crippen LogP contribution in [0.1, 0.15) is 0 Å². The van der Waals surface area contributed by atoms with Crippen molar-refractivity contribution in [1.82, 2.24) is 0 Å². The Labute approximate surface area is 99.4 Å². The maximum atomic E-state index is 12.7. The summed E-state index contributed by atoms with van der Waals surface area (Å²) in [4.78, 5) is 0. The van der Waals surface area contributed by atoms with E-state index in [4.69, 9.17) is 0 Å². The summed E-state index contributed by atoms with van der Waals surface area (Å²) in [6.45, 7) is 0. The summed E-state index contributed by atoms with van der Waals surface area (Å²) in [7, 11) is 0. The number of fused-ring (bicyclic) bond motifs is 1. The van der Waals surface area contributed by atoms with Gasteiger partial charge in [0.05, 0.1) is 0 Å². The number of ether oxygens (including phenoxy) is 1. The molecule has 0 radical (unpaired) electrons. The number of phenolic OH excluding ortho intramolecular Hbond substituents is 1. The summed E-state index contributed by atoms with van der Waals surface area (Å²) >= 11 is 0. The minimum atomic E-state index is -4.64. The molecule has 0 aliphatic rings. The topological polar surface area (TPSA) is 29.5 Å². The van der Waals surface area contributed by atoms with Crippen LogP contribution in [0.15, 0.2) is 36.4 Å². The predicted octanol–water partition coefficient (Wildman–Crippen LogP) is 3.78. The number of hydrogen-bond acceptors (Lipinski definition) is 2. The zero-order valence-electron chi connectivity index (χ0n) is 8.91. The molecule has 18 heavy (non-hydrogen) atoms. The molecule has 2 nitrogen and oxygen atoms in total. The van der Waals surface area contributed by atoms with Crippen LogP contribution in [-0.2, 0) is 0 Å². The smallest absolute Gasteiger partial charge is 0.461 e. The molecular weight excluding hydrogens is 252 g/mol. The molecule has 0 aliphatic carbocycles. The van der Waals surface area contributed by atoms with Gasteiger partial charge >= 0.3 is 12.5 Å². The molecule has 2 aromatic rings. The van der Waals surface area contributed by atoms with Gasteiger partial charge in [-0.2, -0.15) is 17.6 Å². The Morgan fingerprint density at radius 3 is 2.17 bits per heavy atom. The summed E-state index contributed by atoms with van der Waals surface area (Å²) < 4.78 is 53.3. The summed E-state index contributed by atoms with van der Waals surface area (Å²) in [6.07, 6.45) is -8.61. The van der Waals surface area contributed by atoms with Crippen LogP contribution in [-0.4, -0.2) is 17.6 Å². The number of alkyl halides is 4. The fourth-order valence-electron chi connectivity index (χ4n) is 1.48. The van der Waals surface area contributed by atoms with E-state index in [0.717, 1.165) is 6.07 Å². The highest BCUT2D eigenvalue weighted by molar-refractivity contribution is 5.85. The van der Waals surface area contributed by atoms with Crippen molar-refractivity contribution in [2.45, 2.75) is 12.5 Å². The van der Waals surface area contributed by atoms with Crippen molar-refractivity contribution >= 4 is 10.8 Å². The van der Waals surface area contributed by atoms with Gasteiger partial charge in [-0.05, 0) is 22.9 Å². The zero-order valence-corrected chi connectivity index (χ0v) is 8.91. The van der Waals surface area contributed by atoms with Crippen molar-refractivity contribution in [2.75, 3.05) is 0 Å². The summed E-state index contributed by atoms with van der Waals surface area (Å²) in [6, 6.07) is 8.82. The van der Waals surface area contributed by atoms with Gasteiger partial charge in [-0.1, -0.05) is 24.3 Å². The lowest BCUT2D eigenvalue weighted by molar-refractivity contribution is -0.253. The van der Waals surface area contributed by atoms with Gasteiger partial charge < -0.3 is 9.84 Å². The lowest BCUT2D eigenvalue weighted by atomic mass is 10.1. The molecule has 2 aromatic carbocycles. The van der Waals surface area contributed by atoms with Crippen LogP contribution in [0.25, 0.3) is 10.8 Å². The highest BCUT2D eigenvalue weighted by Crippen LogP contribution is 2.36. The fourth-order valence-corrected chi connectivity index (χ4v) is 1.48. The van der Waals surface area contributed by atoms with Gasteiger partial charge in [0.1, 0.15) is 0 Å². The zero-order chi connectivity index (χ0) is 13.3. The van der Waals surface area contributed by atoms with Gasteiger partial charge in [0.25, 0.3) is 0 Å². The number of phenols is 1. The molecule has 0 aromatic heterocycles. The molecule has 0 atom stereocenters. The third-order valence-electron chi connectivity index (χ3n) is 2.33. The molecule has 0 amide bonds. The van der Waals surface area contributed by atoms with Crippen molar-refractivity contribution in [2.24, 2.45) is 0 Å². The van der Waals surface area contributed by atoms with Crippen molar-refractivity contribution < 1.29 is 27.4 Å². The normalized spacial score (nSPS) is 12.1. The van der Waals surface area contributed by atoms with Crippen molar-refractivity contribution in [1.29, 1.82) is 0 Å². The Kier molecular flexibility index (Phi) is 3.02. The van der Waals surface area contributed by atoms with Crippen LogP contribution in [0.5, 0.6) is 11.5 Å². The highest BCUT2D eigenvalue weighted by Gasteiger charge is 2.44. The monoisotopic (exact) mass is 260 g/mol. The van der Waals surface area contributed by atoms with Crippen LogP contribution < -0.4 is 4.74 Å². The molecule has 0 unspecified atom stereocenters. The average molecular weight is 260 g/mol. The van der Waals surface area contributed by atoms with Crippen LogP contribution in [0.4, 0.5) is 17.6 Å². The van der Waals surface area contributed by atoms with Crippen LogP contribution in [0.2, 0.25) is 0 Å². The second-order valence-corrected chi connectivity index (χ2v) is 3.63. The van der Waals surface area contributed by atoms with Crippen molar-refractivity contribution in [3.05, 3.63) is 36.4 Å². The molecule has 6 heteroatoms.